The molecule has 0 amide bonds. The topological polar surface area (TPSA) is 37.8 Å². The van der Waals surface area contributed by atoms with Gasteiger partial charge in [-0.1, -0.05) is 29.8 Å². The van der Waals surface area contributed by atoms with Crippen LogP contribution >= 0.6 is 11.6 Å². The Morgan fingerprint density at radius 1 is 0.923 bits per heavy atom. The number of anilines is 2. The molecular weight excluding hydrogens is 349 g/mol. The second-order valence-corrected chi connectivity index (χ2v) is 6.44. The van der Waals surface area contributed by atoms with E-state index < -0.39 is 0 Å². The Morgan fingerprint density at radius 3 is 2.50 bits per heavy atom. The lowest BCUT2D eigenvalue weighted by Crippen LogP contribution is -2.00. The van der Waals surface area contributed by atoms with Crippen molar-refractivity contribution in [2.45, 2.75) is 6.92 Å². The molecular formula is C21H15ClFN3. The lowest BCUT2D eigenvalue weighted by atomic mass is 10.1. The molecule has 0 saturated carbocycles. The van der Waals surface area contributed by atoms with Gasteiger partial charge in [0.25, 0.3) is 0 Å². The molecule has 0 saturated heterocycles. The molecule has 0 unspecified atom stereocenters. The van der Waals surface area contributed by atoms with Crippen molar-refractivity contribution in [2.24, 2.45) is 0 Å². The quantitative estimate of drug-likeness (QED) is 0.475. The SMILES string of the molecule is Cc1ccc(Cl)cc1Nc1nc(-c2ccc(F)cc2)nc2ccccc12. The average molecular weight is 364 g/mol. The maximum absolute atomic E-state index is 13.2. The monoisotopic (exact) mass is 363 g/mol. The number of hydrogen-bond acceptors (Lipinski definition) is 3. The van der Waals surface area contributed by atoms with Gasteiger partial charge < -0.3 is 5.32 Å². The first-order valence-electron chi connectivity index (χ1n) is 8.16. The fraction of sp³-hybridized carbons (Fsp3) is 0.0476. The van der Waals surface area contributed by atoms with Gasteiger partial charge in [0.1, 0.15) is 11.6 Å². The van der Waals surface area contributed by atoms with E-state index in [4.69, 9.17) is 11.6 Å². The number of fused-ring (bicyclic) bond motifs is 1. The Morgan fingerprint density at radius 2 is 1.69 bits per heavy atom. The van der Waals surface area contributed by atoms with Gasteiger partial charge in [-0.25, -0.2) is 14.4 Å². The minimum absolute atomic E-state index is 0.289. The highest BCUT2D eigenvalue weighted by atomic mass is 35.5. The van der Waals surface area contributed by atoms with Crippen LogP contribution in [0.15, 0.2) is 66.7 Å². The second kappa shape index (κ2) is 6.73. The molecule has 0 radical (unpaired) electrons. The number of aryl methyl sites for hydroxylation is 1. The molecule has 0 fully saturated rings. The van der Waals surface area contributed by atoms with E-state index in [2.05, 4.69) is 15.3 Å². The predicted octanol–water partition coefficient (Wildman–Crippen LogP) is 6.14. The zero-order valence-electron chi connectivity index (χ0n) is 14.0. The molecule has 0 bridgehead atoms. The van der Waals surface area contributed by atoms with Gasteiger partial charge in [0.15, 0.2) is 5.82 Å². The van der Waals surface area contributed by atoms with Gasteiger partial charge in [0.05, 0.1) is 5.52 Å². The highest BCUT2D eigenvalue weighted by molar-refractivity contribution is 6.30. The molecule has 128 valence electrons. The maximum Gasteiger partial charge on any atom is 0.162 e. The second-order valence-electron chi connectivity index (χ2n) is 6.00. The molecule has 0 aliphatic carbocycles. The number of para-hydroxylation sites is 1. The first-order valence-corrected chi connectivity index (χ1v) is 8.54. The lowest BCUT2D eigenvalue weighted by molar-refractivity contribution is 0.628. The van der Waals surface area contributed by atoms with Crippen LogP contribution in [0.25, 0.3) is 22.3 Å². The zero-order chi connectivity index (χ0) is 18.1. The van der Waals surface area contributed by atoms with Gasteiger partial charge in [-0.2, -0.15) is 0 Å². The summed E-state index contributed by atoms with van der Waals surface area (Å²) in [6.45, 7) is 2.00. The van der Waals surface area contributed by atoms with Crippen molar-refractivity contribution >= 4 is 34.0 Å². The van der Waals surface area contributed by atoms with Crippen LogP contribution in [-0.4, -0.2) is 9.97 Å². The van der Waals surface area contributed by atoms with Crippen molar-refractivity contribution in [1.29, 1.82) is 0 Å². The summed E-state index contributed by atoms with van der Waals surface area (Å²) < 4.78 is 13.2. The summed E-state index contributed by atoms with van der Waals surface area (Å²) >= 11 is 6.13. The normalized spacial score (nSPS) is 10.9. The minimum Gasteiger partial charge on any atom is -0.339 e. The van der Waals surface area contributed by atoms with Crippen molar-refractivity contribution in [2.75, 3.05) is 5.32 Å². The number of hydrogen-bond donors (Lipinski definition) is 1. The summed E-state index contributed by atoms with van der Waals surface area (Å²) in [4.78, 5) is 9.30. The number of nitrogens with zero attached hydrogens (tertiary/aromatic N) is 2. The number of aromatic nitrogens is 2. The van der Waals surface area contributed by atoms with Crippen molar-refractivity contribution in [1.82, 2.24) is 9.97 Å². The van der Waals surface area contributed by atoms with Crippen LogP contribution in [0.2, 0.25) is 5.02 Å². The van der Waals surface area contributed by atoms with Crippen LogP contribution in [0.4, 0.5) is 15.9 Å². The van der Waals surface area contributed by atoms with Crippen LogP contribution in [0.5, 0.6) is 0 Å². The number of rotatable bonds is 3. The Labute approximate surface area is 155 Å². The zero-order valence-corrected chi connectivity index (χ0v) is 14.8. The number of nitrogens with one attached hydrogen (secondary N) is 1. The van der Waals surface area contributed by atoms with Gasteiger partial charge in [-0.3, -0.25) is 0 Å². The predicted molar refractivity (Wildman–Crippen MR) is 104 cm³/mol. The average Bonchev–Trinajstić information content (AvgIpc) is 2.65. The van der Waals surface area contributed by atoms with E-state index >= 15 is 0 Å². The first kappa shape index (κ1) is 16.5. The lowest BCUT2D eigenvalue weighted by Gasteiger charge is -2.13. The summed E-state index contributed by atoms with van der Waals surface area (Å²) in [6, 6.07) is 19.6. The van der Waals surface area contributed by atoms with E-state index in [9.17, 15) is 4.39 Å². The van der Waals surface area contributed by atoms with E-state index in [0.717, 1.165) is 27.7 Å². The van der Waals surface area contributed by atoms with Crippen LogP contribution in [0.1, 0.15) is 5.56 Å². The summed E-state index contributed by atoms with van der Waals surface area (Å²) in [5, 5.41) is 4.92. The van der Waals surface area contributed by atoms with E-state index in [-0.39, 0.29) is 5.82 Å². The summed E-state index contributed by atoms with van der Waals surface area (Å²) in [7, 11) is 0. The molecule has 0 aliphatic heterocycles. The molecule has 3 nitrogen and oxygen atoms in total. The summed E-state index contributed by atoms with van der Waals surface area (Å²) in [6.07, 6.45) is 0. The summed E-state index contributed by atoms with van der Waals surface area (Å²) in [5.74, 6) is 0.925. The van der Waals surface area contributed by atoms with Crippen LogP contribution in [-0.2, 0) is 0 Å². The molecule has 4 aromatic rings. The third-order valence-corrected chi connectivity index (χ3v) is 4.39. The third-order valence-electron chi connectivity index (χ3n) is 4.16. The van der Waals surface area contributed by atoms with Crippen molar-refractivity contribution < 1.29 is 4.39 Å². The Kier molecular flexibility index (Phi) is 4.27. The molecule has 1 aromatic heterocycles. The standard InChI is InChI=1S/C21H15ClFN3/c1-13-6-9-15(22)12-19(13)25-21-17-4-2-3-5-18(17)24-20(26-21)14-7-10-16(23)11-8-14/h2-12H,1H3,(H,24,25,26). The molecule has 3 aromatic carbocycles. The molecule has 0 atom stereocenters. The molecule has 4 rings (SSSR count). The van der Waals surface area contributed by atoms with Crippen molar-refractivity contribution in [3.05, 3.63) is 83.1 Å². The smallest absolute Gasteiger partial charge is 0.162 e. The molecule has 0 spiro atoms. The van der Waals surface area contributed by atoms with E-state index in [1.165, 1.54) is 12.1 Å². The molecule has 5 heteroatoms. The van der Waals surface area contributed by atoms with Crippen LogP contribution in [0, 0.1) is 12.7 Å². The van der Waals surface area contributed by atoms with Gasteiger partial charge in [-0.15, -0.1) is 0 Å². The van der Waals surface area contributed by atoms with E-state index in [1.54, 1.807) is 12.1 Å². The largest absolute Gasteiger partial charge is 0.339 e. The van der Waals surface area contributed by atoms with Crippen molar-refractivity contribution in [3.63, 3.8) is 0 Å². The Bertz CT molecular complexity index is 1090. The molecule has 1 N–H and O–H groups in total. The van der Waals surface area contributed by atoms with E-state index in [0.29, 0.717) is 16.7 Å². The molecule has 1 heterocycles. The fourth-order valence-corrected chi connectivity index (χ4v) is 2.93. The highest BCUT2D eigenvalue weighted by Gasteiger charge is 2.11. The van der Waals surface area contributed by atoms with Gasteiger partial charge in [0.2, 0.25) is 0 Å². The summed E-state index contributed by atoms with van der Waals surface area (Å²) in [5.41, 5.74) is 3.50. The molecule has 0 aliphatic rings. The van der Waals surface area contributed by atoms with Gasteiger partial charge in [-0.05, 0) is 61.0 Å². The molecule has 26 heavy (non-hydrogen) atoms. The van der Waals surface area contributed by atoms with Gasteiger partial charge >= 0.3 is 0 Å². The maximum atomic E-state index is 13.2. The Hall–Kier alpha value is -2.98. The fourth-order valence-electron chi connectivity index (χ4n) is 2.76. The van der Waals surface area contributed by atoms with Gasteiger partial charge in [0, 0.05) is 21.7 Å². The van der Waals surface area contributed by atoms with Crippen LogP contribution in [0.3, 0.4) is 0 Å². The van der Waals surface area contributed by atoms with Crippen molar-refractivity contribution in [3.8, 4) is 11.4 Å². The van der Waals surface area contributed by atoms with Crippen LogP contribution < -0.4 is 5.32 Å². The minimum atomic E-state index is -0.289. The number of halogens is 2. The highest BCUT2D eigenvalue weighted by Crippen LogP contribution is 2.29. The van der Waals surface area contributed by atoms with E-state index in [1.807, 2.05) is 49.4 Å². The third kappa shape index (κ3) is 3.24. The first-order chi connectivity index (χ1) is 12.6. The Balaban J connectivity index is 1.87. The number of benzene rings is 3.